The van der Waals surface area contributed by atoms with Crippen LogP contribution in [0.4, 0.5) is 11.4 Å². The largest absolute Gasteiger partial charge is 0.457 e. The molecule has 5 nitrogen and oxygen atoms in total. The SMILES string of the molecule is Cc1cc(C)c(N2C=C(C(C)(C)C)N(c3cccc(Oc4ccc5c6ccccc6n(-c6cc(C(C)(C)C)ccn6)c5c4)c3)C2)cc1C. The van der Waals surface area contributed by atoms with Crippen LogP contribution >= 0.6 is 0 Å². The van der Waals surface area contributed by atoms with Crippen molar-refractivity contribution in [3.8, 4) is 17.3 Å². The molecular formula is C43H46N4O. The van der Waals surface area contributed by atoms with Crippen LogP contribution in [-0.4, -0.2) is 16.2 Å². The highest BCUT2D eigenvalue weighted by Gasteiger charge is 2.32. The van der Waals surface area contributed by atoms with Crippen LogP contribution in [0.25, 0.3) is 27.6 Å². The molecule has 7 rings (SSSR count). The summed E-state index contributed by atoms with van der Waals surface area (Å²) in [6.45, 7) is 20.9. The van der Waals surface area contributed by atoms with Gasteiger partial charge in [-0.25, -0.2) is 4.98 Å². The second kappa shape index (κ2) is 11.6. The summed E-state index contributed by atoms with van der Waals surface area (Å²) in [7, 11) is 0. The molecule has 6 aromatic rings. The van der Waals surface area contributed by atoms with Gasteiger partial charge < -0.3 is 14.5 Å². The van der Waals surface area contributed by atoms with Gasteiger partial charge in [0.05, 0.1) is 17.7 Å². The maximum absolute atomic E-state index is 6.64. The molecular weight excluding hydrogens is 589 g/mol. The Morgan fingerprint density at radius 1 is 0.646 bits per heavy atom. The Morgan fingerprint density at radius 3 is 2.15 bits per heavy atom. The first-order valence-corrected chi connectivity index (χ1v) is 16.9. The molecule has 48 heavy (non-hydrogen) atoms. The highest BCUT2D eigenvalue weighted by molar-refractivity contribution is 6.09. The van der Waals surface area contributed by atoms with Crippen LogP contribution in [0.1, 0.15) is 63.8 Å². The number of benzene rings is 4. The highest BCUT2D eigenvalue weighted by atomic mass is 16.5. The fourth-order valence-electron chi connectivity index (χ4n) is 6.83. The van der Waals surface area contributed by atoms with Gasteiger partial charge in [-0.1, -0.05) is 71.9 Å². The van der Waals surface area contributed by atoms with Crippen LogP contribution in [-0.2, 0) is 5.41 Å². The van der Waals surface area contributed by atoms with Crippen LogP contribution in [0.2, 0.25) is 0 Å². The number of aromatic nitrogens is 2. The molecule has 0 atom stereocenters. The van der Waals surface area contributed by atoms with E-state index in [-0.39, 0.29) is 10.8 Å². The van der Waals surface area contributed by atoms with Gasteiger partial charge in [-0.15, -0.1) is 0 Å². The molecule has 0 bridgehead atoms. The summed E-state index contributed by atoms with van der Waals surface area (Å²) in [6.07, 6.45) is 4.24. The summed E-state index contributed by atoms with van der Waals surface area (Å²) in [4.78, 5) is 9.63. The summed E-state index contributed by atoms with van der Waals surface area (Å²) in [5.41, 5.74) is 11.0. The van der Waals surface area contributed by atoms with Crippen LogP contribution in [0.3, 0.4) is 0 Å². The van der Waals surface area contributed by atoms with E-state index in [1.54, 1.807) is 0 Å². The van der Waals surface area contributed by atoms with E-state index in [1.165, 1.54) is 44.4 Å². The average molecular weight is 635 g/mol. The number of hydrogen-bond acceptors (Lipinski definition) is 4. The second-order valence-corrected chi connectivity index (χ2v) is 15.3. The molecule has 0 saturated heterocycles. The Balaban J connectivity index is 1.25. The zero-order chi connectivity index (χ0) is 34.0. The molecule has 0 unspecified atom stereocenters. The van der Waals surface area contributed by atoms with Crippen molar-refractivity contribution < 1.29 is 4.74 Å². The van der Waals surface area contributed by atoms with Crippen molar-refractivity contribution in [2.45, 2.75) is 67.7 Å². The number of rotatable bonds is 5. The number of nitrogens with zero attached hydrogens (tertiary/aromatic N) is 4. The Labute approximate surface area is 285 Å². The van der Waals surface area contributed by atoms with Gasteiger partial charge in [0.15, 0.2) is 0 Å². The molecule has 0 saturated carbocycles. The molecule has 1 aliphatic rings. The fraction of sp³-hybridized carbons (Fsp3) is 0.279. The number of para-hydroxylation sites is 1. The Hall–Kier alpha value is -5.03. The predicted octanol–water partition coefficient (Wildman–Crippen LogP) is 11.4. The van der Waals surface area contributed by atoms with Crippen molar-refractivity contribution in [1.29, 1.82) is 0 Å². The quantitative estimate of drug-likeness (QED) is 0.189. The number of hydrogen-bond donors (Lipinski definition) is 0. The number of fused-ring (bicyclic) bond motifs is 3. The third-order valence-corrected chi connectivity index (χ3v) is 9.60. The van der Waals surface area contributed by atoms with E-state index in [9.17, 15) is 0 Å². The molecule has 4 aromatic carbocycles. The summed E-state index contributed by atoms with van der Waals surface area (Å²) in [5.74, 6) is 2.50. The number of anilines is 2. The van der Waals surface area contributed by atoms with Gasteiger partial charge in [0.2, 0.25) is 0 Å². The van der Waals surface area contributed by atoms with Crippen LogP contribution in [0.15, 0.2) is 109 Å². The van der Waals surface area contributed by atoms with E-state index >= 15 is 0 Å². The Kier molecular flexibility index (Phi) is 7.62. The fourth-order valence-corrected chi connectivity index (χ4v) is 6.83. The molecule has 244 valence electrons. The molecule has 0 radical (unpaired) electrons. The molecule has 1 aliphatic heterocycles. The molecule has 0 spiro atoms. The second-order valence-electron chi connectivity index (χ2n) is 15.3. The summed E-state index contributed by atoms with van der Waals surface area (Å²) in [5, 5.41) is 2.37. The first-order valence-electron chi connectivity index (χ1n) is 16.9. The van der Waals surface area contributed by atoms with Crippen molar-refractivity contribution in [1.82, 2.24) is 9.55 Å². The zero-order valence-corrected chi connectivity index (χ0v) is 29.7. The summed E-state index contributed by atoms with van der Waals surface area (Å²) >= 11 is 0. The molecule has 0 fully saturated rings. The molecule has 5 heteroatoms. The Bertz CT molecular complexity index is 2210. The van der Waals surface area contributed by atoms with Gasteiger partial charge >= 0.3 is 0 Å². The van der Waals surface area contributed by atoms with Crippen molar-refractivity contribution in [2.75, 3.05) is 16.5 Å². The third kappa shape index (κ3) is 5.72. The maximum Gasteiger partial charge on any atom is 0.137 e. The lowest BCUT2D eigenvalue weighted by atomic mass is 9.88. The minimum Gasteiger partial charge on any atom is -0.457 e. The molecule has 2 aromatic heterocycles. The number of ether oxygens (including phenoxy) is 1. The van der Waals surface area contributed by atoms with Gasteiger partial charge in [-0.05, 0) is 97.0 Å². The Morgan fingerprint density at radius 2 is 1.38 bits per heavy atom. The lowest BCUT2D eigenvalue weighted by Crippen LogP contribution is -2.30. The zero-order valence-electron chi connectivity index (χ0n) is 29.7. The number of pyridine rings is 1. The highest BCUT2D eigenvalue weighted by Crippen LogP contribution is 2.41. The van der Waals surface area contributed by atoms with E-state index in [0.29, 0.717) is 0 Å². The van der Waals surface area contributed by atoms with Crippen LogP contribution in [0, 0.1) is 26.2 Å². The smallest absolute Gasteiger partial charge is 0.137 e. The molecule has 0 amide bonds. The van der Waals surface area contributed by atoms with E-state index < -0.39 is 0 Å². The third-order valence-electron chi connectivity index (χ3n) is 9.60. The first-order chi connectivity index (χ1) is 22.8. The van der Waals surface area contributed by atoms with Crippen molar-refractivity contribution in [2.24, 2.45) is 5.41 Å². The molecule has 0 N–H and O–H groups in total. The van der Waals surface area contributed by atoms with Crippen molar-refractivity contribution >= 4 is 33.2 Å². The topological polar surface area (TPSA) is 33.5 Å². The normalized spacial score (nSPS) is 13.9. The van der Waals surface area contributed by atoms with Crippen LogP contribution in [0.5, 0.6) is 11.5 Å². The maximum atomic E-state index is 6.64. The van der Waals surface area contributed by atoms with E-state index in [1.807, 2.05) is 12.3 Å². The van der Waals surface area contributed by atoms with E-state index in [0.717, 1.165) is 40.7 Å². The number of allylic oxidation sites excluding steroid dienone is 1. The van der Waals surface area contributed by atoms with Gasteiger partial charge in [-0.2, -0.15) is 0 Å². The van der Waals surface area contributed by atoms with Crippen molar-refractivity contribution in [3.63, 3.8) is 0 Å². The summed E-state index contributed by atoms with van der Waals surface area (Å²) in [6, 6.07) is 32.3. The van der Waals surface area contributed by atoms with E-state index in [2.05, 4.69) is 168 Å². The first kappa shape index (κ1) is 31.6. The van der Waals surface area contributed by atoms with Crippen LogP contribution < -0.4 is 14.5 Å². The van der Waals surface area contributed by atoms with Gasteiger partial charge in [0.25, 0.3) is 0 Å². The predicted molar refractivity (Wildman–Crippen MR) is 202 cm³/mol. The summed E-state index contributed by atoms with van der Waals surface area (Å²) < 4.78 is 8.90. The molecule has 3 heterocycles. The standard InChI is InChI=1S/C43H46N4O/c1-28-21-30(3)38(22-29(28)2)45-26-40(43(7,8)9)46(27-45)32-13-12-14-33(24-32)48-34-17-18-36-35-15-10-11-16-37(35)47(39(36)25-34)41-23-31(19-20-44-41)42(4,5)6/h10-26H,27H2,1-9H3. The average Bonchev–Trinajstić information content (AvgIpc) is 3.63. The van der Waals surface area contributed by atoms with Gasteiger partial charge in [-0.3, -0.25) is 4.57 Å². The monoisotopic (exact) mass is 634 g/mol. The lowest BCUT2D eigenvalue weighted by Gasteiger charge is -2.31. The van der Waals surface area contributed by atoms with E-state index in [4.69, 9.17) is 9.72 Å². The van der Waals surface area contributed by atoms with Crippen molar-refractivity contribution in [3.05, 3.63) is 131 Å². The minimum absolute atomic E-state index is 0.0159. The molecule has 0 aliphatic carbocycles. The lowest BCUT2D eigenvalue weighted by molar-refractivity contribution is 0.481. The van der Waals surface area contributed by atoms with Gasteiger partial charge in [0.1, 0.15) is 17.3 Å². The number of aryl methyl sites for hydroxylation is 3. The minimum atomic E-state index is -0.0456. The van der Waals surface area contributed by atoms with Gasteiger partial charge in [0, 0.05) is 57.8 Å².